The Hall–Kier alpha value is -2.62. The van der Waals surface area contributed by atoms with Crippen molar-refractivity contribution in [3.05, 3.63) is 71.8 Å². The van der Waals surface area contributed by atoms with Crippen molar-refractivity contribution in [3.63, 3.8) is 0 Å². The molecule has 2 amide bonds. The van der Waals surface area contributed by atoms with Crippen molar-refractivity contribution in [3.8, 4) is 0 Å². The van der Waals surface area contributed by atoms with E-state index in [1.165, 1.54) is 0 Å². The van der Waals surface area contributed by atoms with E-state index < -0.39 is 0 Å². The molecule has 21 heavy (non-hydrogen) atoms. The molecule has 108 valence electrons. The summed E-state index contributed by atoms with van der Waals surface area (Å²) < 4.78 is 0. The number of rotatable bonds is 5. The third kappa shape index (κ3) is 4.18. The summed E-state index contributed by atoms with van der Waals surface area (Å²) in [6, 6.07) is 18.1. The van der Waals surface area contributed by atoms with Gasteiger partial charge in [0, 0.05) is 12.6 Å². The quantitative estimate of drug-likeness (QED) is 0.884. The van der Waals surface area contributed by atoms with Crippen LogP contribution in [0.5, 0.6) is 0 Å². The van der Waals surface area contributed by atoms with Crippen LogP contribution in [-0.2, 0) is 4.79 Å². The van der Waals surface area contributed by atoms with E-state index >= 15 is 0 Å². The molecule has 0 aromatic heterocycles. The molecule has 0 unspecified atom stereocenters. The molecule has 2 rings (SSSR count). The average Bonchev–Trinajstić information content (AvgIpc) is 2.55. The number of hydrogen-bond acceptors (Lipinski definition) is 2. The summed E-state index contributed by atoms with van der Waals surface area (Å²) in [4.78, 5) is 23.9. The molecule has 0 radical (unpaired) electrons. The van der Waals surface area contributed by atoms with Crippen molar-refractivity contribution in [2.45, 2.75) is 12.5 Å². The first-order valence-corrected chi connectivity index (χ1v) is 6.82. The zero-order valence-electron chi connectivity index (χ0n) is 11.9. The van der Waals surface area contributed by atoms with Crippen molar-refractivity contribution >= 4 is 11.8 Å². The van der Waals surface area contributed by atoms with Gasteiger partial charge < -0.3 is 10.6 Å². The van der Waals surface area contributed by atoms with Crippen LogP contribution in [0.3, 0.4) is 0 Å². The lowest BCUT2D eigenvalue weighted by Gasteiger charge is -2.18. The van der Waals surface area contributed by atoms with E-state index in [2.05, 4.69) is 10.6 Å². The lowest BCUT2D eigenvalue weighted by atomic mass is 10.0. The van der Waals surface area contributed by atoms with Crippen molar-refractivity contribution in [2.75, 3.05) is 7.05 Å². The molecule has 2 aromatic carbocycles. The Bertz CT molecular complexity index is 597. The van der Waals surface area contributed by atoms with E-state index in [0.717, 1.165) is 5.56 Å². The van der Waals surface area contributed by atoms with Crippen LogP contribution in [0.4, 0.5) is 0 Å². The van der Waals surface area contributed by atoms with Crippen molar-refractivity contribution in [2.24, 2.45) is 0 Å². The Morgan fingerprint density at radius 1 is 0.952 bits per heavy atom. The molecule has 0 saturated carbocycles. The Morgan fingerprint density at radius 3 is 2.10 bits per heavy atom. The number of amides is 2. The van der Waals surface area contributed by atoms with E-state index in [1.54, 1.807) is 19.2 Å². The molecule has 0 aliphatic carbocycles. The molecule has 2 N–H and O–H groups in total. The van der Waals surface area contributed by atoms with Gasteiger partial charge in [-0.3, -0.25) is 9.59 Å². The summed E-state index contributed by atoms with van der Waals surface area (Å²) in [6.45, 7) is 0. The third-order valence-corrected chi connectivity index (χ3v) is 3.21. The van der Waals surface area contributed by atoms with Gasteiger partial charge >= 0.3 is 0 Å². The molecular formula is C17H18N2O2. The maximum atomic E-state index is 12.3. The Labute approximate surface area is 124 Å². The highest BCUT2D eigenvalue weighted by Gasteiger charge is 2.18. The number of carbonyl (C=O) groups excluding carboxylic acids is 2. The van der Waals surface area contributed by atoms with Gasteiger partial charge in [0.05, 0.1) is 12.5 Å². The summed E-state index contributed by atoms with van der Waals surface area (Å²) in [5.74, 6) is -0.300. The van der Waals surface area contributed by atoms with Gasteiger partial charge in [-0.05, 0) is 17.7 Å². The molecule has 4 heteroatoms. The standard InChI is InChI=1S/C17H18N2O2/c1-18-16(20)12-15(13-8-4-2-5-9-13)19-17(21)14-10-6-3-7-11-14/h2-11,15H,12H2,1H3,(H,18,20)(H,19,21)/t15-/m1/s1. The topological polar surface area (TPSA) is 58.2 Å². The smallest absolute Gasteiger partial charge is 0.251 e. The second kappa shape index (κ2) is 7.24. The summed E-state index contributed by atoms with van der Waals surface area (Å²) in [5, 5.41) is 5.50. The zero-order chi connectivity index (χ0) is 15.1. The van der Waals surface area contributed by atoms with Gasteiger partial charge in [0.1, 0.15) is 0 Å². The Kier molecular flexibility index (Phi) is 5.10. The highest BCUT2D eigenvalue weighted by atomic mass is 16.2. The van der Waals surface area contributed by atoms with Crippen LogP contribution in [0.15, 0.2) is 60.7 Å². The van der Waals surface area contributed by atoms with Crippen LogP contribution < -0.4 is 10.6 Å². The Balaban J connectivity index is 2.16. The van der Waals surface area contributed by atoms with Crippen LogP contribution in [-0.4, -0.2) is 18.9 Å². The van der Waals surface area contributed by atoms with Gasteiger partial charge in [-0.25, -0.2) is 0 Å². The van der Waals surface area contributed by atoms with Gasteiger partial charge in [0.15, 0.2) is 0 Å². The second-order valence-electron chi connectivity index (χ2n) is 4.68. The normalized spacial score (nSPS) is 11.5. The second-order valence-corrected chi connectivity index (χ2v) is 4.68. The lowest BCUT2D eigenvalue weighted by molar-refractivity contribution is -0.121. The van der Waals surface area contributed by atoms with Crippen LogP contribution in [0.2, 0.25) is 0 Å². The fraction of sp³-hybridized carbons (Fsp3) is 0.176. The van der Waals surface area contributed by atoms with E-state index in [0.29, 0.717) is 5.56 Å². The molecule has 1 atom stereocenters. The highest BCUT2D eigenvalue weighted by Crippen LogP contribution is 2.17. The summed E-state index contributed by atoms with van der Waals surface area (Å²) >= 11 is 0. The summed E-state index contributed by atoms with van der Waals surface area (Å²) in [5.41, 5.74) is 1.49. The van der Waals surface area contributed by atoms with Crippen molar-refractivity contribution in [1.29, 1.82) is 0 Å². The third-order valence-electron chi connectivity index (χ3n) is 3.21. The minimum Gasteiger partial charge on any atom is -0.359 e. The molecule has 0 aliphatic rings. The van der Waals surface area contributed by atoms with Crippen molar-refractivity contribution in [1.82, 2.24) is 10.6 Å². The monoisotopic (exact) mass is 282 g/mol. The van der Waals surface area contributed by atoms with E-state index in [4.69, 9.17) is 0 Å². The lowest BCUT2D eigenvalue weighted by Crippen LogP contribution is -2.32. The van der Waals surface area contributed by atoms with Gasteiger partial charge in [0.2, 0.25) is 5.91 Å². The molecule has 4 nitrogen and oxygen atoms in total. The van der Waals surface area contributed by atoms with Crippen LogP contribution >= 0.6 is 0 Å². The van der Waals surface area contributed by atoms with E-state index in [9.17, 15) is 9.59 Å². The first-order chi connectivity index (χ1) is 10.2. The van der Waals surface area contributed by atoms with Gasteiger partial charge in [0.25, 0.3) is 5.91 Å². The SMILES string of the molecule is CNC(=O)C[C@@H](NC(=O)c1ccccc1)c1ccccc1. The summed E-state index contributed by atoms with van der Waals surface area (Å²) in [6.07, 6.45) is 0.207. The number of hydrogen-bond donors (Lipinski definition) is 2. The van der Waals surface area contributed by atoms with Gasteiger partial charge in [-0.2, -0.15) is 0 Å². The molecule has 0 aliphatic heterocycles. The van der Waals surface area contributed by atoms with Gasteiger partial charge in [-0.1, -0.05) is 48.5 Å². The maximum Gasteiger partial charge on any atom is 0.251 e. The van der Waals surface area contributed by atoms with Crippen molar-refractivity contribution < 1.29 is 9.59 Å². The van der Waals surface area contributed by atoms with E-state index in [-0.39, 0.29) is 24.3 Å². The zero-order valence-corrected chi connectivity index (χ0v) is 11.9. The minimum absolute atomic E-state index is 0.114. The minimum atomic E-state index is -0.348. The maximum absolute atomic E-state index is 12.3. The summed E-state index contributed by atoms with van der Waals surface area (Å²) in [7, 11) is 1.59. The fourth-order valence-electron chi connectivity index (χ4n) is 2.06. The molecule has 0 saturated heterocycles. The van der Waals surface area contributed by atoms with E-state index in [1.807, 2.05) is 48.5 Å². The van der Waals surface area contributed by atoms with Crippen LogP contribution in [0, 0.1) is 0 Å². The predicted octanol–water partition coefficient (Wildman–Crippen LogP) is 2.29. The molecule has 2 aromatic rings. The molecule has 0 heterocycles. The fourth-order valence-corrected chi connectivity index (χ4v) is 2.06. The number of benzene rings is 2. The number of carbonyl (C=O) groups is 2. The molecular weight excluding hydrogens is 264 g/mol. The highest BCUT2D eigenvalue weighted by molar-refractivity contribution is 5.94. The Morgan fingerprint density at radius 2 is 1.52 bits per heavy atom. The van der Waals surface area contributed by atoms with Crippen LogP contribution in [0.25, 0.3) is 0 Å². The predicted molar refractivity (Wildman–Crippen MR) is 81.8 cm³/mol. The first-order valence-electron chi connectivity index (χ1n) is 6.82. The average molecular weight is 282 g/mol. The van der Waals surface area contributed by atoms with Crippen LogP contribution in [0.1, 0.15) is 28.4 Å². The first kappa shape index (κ1) is 14.8. The molecule has 0 bridgehead atoms. The molecule has 0 spiro atoms. The van der Waals surface area contributed by atoms with Gasteiger partial charge in [-0.15, -0.1) is 0 Å². The number of nitrogens with one attached hydrogen (secondary N) is 2. The molecule has 0 fully saturated rings. The largest absolute Gasteiger partial charge is 0.359 e.